The fourth-order valence-electron chi connectivity index (χ4n) is 5.51. The zero-order chi connectivity index (χ0) is 18.8. The van der Waals surface area contributed by atoms with Gasteiger partial charge in [-0.15, -0.1) is 0 Å². The number of carbonyl (C=O) groups is 1. The summed E-state index contributed by atoms with van der Waals surface area (Å²) in [5, 5.41) is 11.1. The summed E-state index contributed by atoms with van der Waals surface area (Å²) in [6, 6.07) is 1.48. The average Bonchev–Trinajstić information content (AvgIpc) is 2.93. The molecular weight excluding hydrogens is 336 g/mol. The van der Waals surface area contributed by atoms with Crippen LogP contribution in [0.4, 0.5) is 0 Å². The van der Waals surface area contributed by atoms with E-state index in [0.717, 1.165) is 12.0 Å². The summed E-state index contributed by atoms with van der Waals surface area (Å²) in [4.78, 5) is 24.8. The number of esters is 1. The Hall–Kier alpha value is -1.66. The maximum atomic E-state index is 12.5. The smallest absolute Gasteiger partial charge is 0.336 e. The second-order valence-electron chi connectivity index (χ2n) is 8.19. The maximum absolute atomic E-state index is 12.5. The van der Waals surface area contributed by atoms with E-state index in [4.69, 9.17) is 13.9 Å². The third-order valence-corrected chi connectivity index (χ3v) is 6.55. The van der Waals surface area contributed by atoms with Gasteiger partial charge >= 0.3 is 11.6 Å². The Kier molecular flexibility index (Phi) is 4.04. The molecule has 1 aliphatic heterocycles. The molecular formula is C20H26O6. The zero-order valence-corrected chi connectivity index (χ0v) is 15.7. The summed E-state index contributed by atoms with van der Waals surface area (Å²) < 4.78 is 17.2. The molecule has 4 rings (SSSR count). The highest BCUT2D eigenvalue weighted by atomic mass is 16.6. The highest BCUT2D eigenvalue weighted by Gasteiger charge is 2.65. The monoisotopic (exact) mass is 362 g/mol. The highest BCUT2D eigenvalue weighted by molar-refractivity contribution is 5.77. The van der Waals surface area contributed by atoms with Crippen LogP contribution < -0.4 is 5.63 Å². The van der Waals surface area contributed by atoms with E-state index in [1.165, 1.54) is 6.07 Å². The Bertz CT molecular complexity index is 796. The van der Waals surface area contributed by atoms with Gasteiger partial charge in [-0.05, 0) is 25.3 Å². The van der Waals surface area contributed by atoms with Gasteiger partial charge in [-0.3, -0.25) is 4.79 Å². The first kappa shape index (κ1) is 17.7. The molecule has 2 fully saturated rings. The molecule has 3 aliphatic rings. The van der Waals surface area contributed by atoms with Gasteiger partial charge in [0.15, 0.2) is 0 Å². The Balaban J connectivity index is 2.01. The average molecular weight is 362 g/mol. The predicted molar refractivity (Wildman–Crippen MR) is 92.9 cm³/mol. The van der Waals surface area contributed by atoms with Gasteiger partial charge in [0.1, 0.15) is 18.0 Å². The van der Waals surface area contributed by atoms with Crippen LogP contribution >= 0.6 is 0 Å². The molecule has 0 amide bonds. The molecule has 0 spiro atoms. The molecule has 6 atom stereocenters. The predicted octanol–water partition coefficient (Wildman–Crippen LogP) is 2.42. The van der Waals surface area contributed by atoms with Crippen LogP contribution in [0, 0.1) is 11.8 Å². The van der Waals surface area contributed by atoms with Crippen molar-refractivity contribution in [2.24, 2.45) is 11.8 Å². The Morgan fingerprint density at radius 3 is 2.73 bits per heavy atom. The van der Waals surface area contributed by atoms with E-state index in [1.807, 2.05) is 27.7 Å². The summed E-state index contributed by atoms with van der Waals surface area (Å²) in [6.45, 7) is 8.38. The number of hydrogen-bond donors (Lipinski definition) is 1. The second-order valence-corrected chi connectivity index (χ2v) is 8.19. The van der Waals surface area contributed by atoms with Crippen molar-refractivity contribution < 1.29 is 23.8 Å². The number of ether oxygens (including phenoxy) is 2. The first-order valence-corrected chi connectivity index (χ1v) is 9.49. The topological polar surface area (TPSA) is 86.0 Å². The Labute approximate surface area is 152 Å². The number of fused-ring (bicyclic) bond motifs is 2. The van der Waals surface area contributed by atoms with Gasteiger partial charge in [-0.2, -0.15) is 0 Å². The van der Waals surface area contributed by atoms with Gasteiger partial charge in [0.2, 0.25) is 0 Å². The number of rotatable bonds is 3. The summed E-state index contributed by atoms with van der Waals surface area (Å²) in [5.74, 6) is -0.322. The zero-order valence-electron chi connectivity index (χ0n) is 15.7. The van der Waals surface area contributed by atoms with Gasteiger partial charge in [-0.1, -0.05) is 20.8 Å². The molecule has 1 aromatic heterocycles. The van der Waals surface area contributed by atoms with Crippen LogP contribution in [0.2, 0.25) is 0 Å². The summed E-state index contributed by atoms with van der Waals surface area (Å²) in [6.07, 6.45) is -0.350. The van der Waals surface area contributed by atoms with E-state index < -0.39 is 23.2 Å². The molecule has 0 radical (unpaired) electrons. The quantitative estimate of drug-likeness (QED) is 0.831. The third kappa shape index (κ3) is 2.18. The van der Waals surface area contributed by atoms with E-state index in [-0.39, 0.29) is 29.8 Å². The lowest BCUT2D eigenvalue weighted by Gasteiger charge is -2.53. The summed E-state index contributed by atoms with van der Waals surface area (Å²) in [5.41, 5.74) is 0.349. The summed E-state index contributed by atoms with van der Waals surface area (Å²) >= 11 is 0. The fourth-order valence-corrected chi connectivity index (χ4v) is 5.51. The Morgan fingerprint density at radius 1 is 1.35 bits per heavy atom. The Morgan fingerprint density at radius 2 is 2.08 bits per heavy atom. The standard InChI is InChI=1S/C20H26O6/c1-5-24-12-7-6-10-15-18(26-19(10)23)16(22)14-11(20(12,15)4)8-13(21)25-17(14)9(2)3/h8-10,12,15-16,18,22H,5-7H2,1-4H3. The second kappa shape index (κ2) is 5.92. The van der Waals surface area contributed by atoms with Crippen molar-refractivity contribution in [2.75, 3.05) is 6.61 Å². The van der Waals surface area contributed by atoms with Crippen LogP contribution in [0.15, 0.2) is 15.3 Å². The van der Waals surface area contributed by atoms with Crippen molar-refractivity contribution in [3.8, 4) is 0 Å². The maximum Gasteiger partial charge on any atom is 0.336 e. The number of hydrogen-bond acceptors (Lipinski definition) is 6. The molecule has 2 aliphatic carbocycles. The first-order chi connectivity index (χ1) is 12.3. The number of aliphatic hydroxyl groups excluding tert-OH is 1. The van der Waals surface area contributed by atoms with E-state index in [1.54, 1.807) is 0 Å². The van der Waals surface area contributed by atoms with Gasteiger partial charge in [-0.25, -0.2) is 4.79 Å². The fraction of sp³-hybridized carbons (Fsp3) is 0.700. The molecule has 1 saturated heterocycles. The molecule has 26 heavy (non-hydrogen) atoms. The van der Waals surface area contributed by atoms with Gasteiger partial charge in [0.05, 0.1) is 12.0 Å². The van der Waals surface area contributed by atoms with Crippen LogP contribution in [-0.4, -0.2) is 29.9 Å². The van der Waals surface area contributed by atoms with Crippen molar-refractivity contribution in [3.63, 3.8) is 0 Å². The van der Waals surface area contributed by atoms with Crippen LogP contribution in [0.25, 0.3) is 0 Å². The molecule has 1 saturated carbocycles. The van der Waals surface area contributed by atoms with Crippen molar-refractivity contribution in [2.45, 2.75) is 70.2 Å². The van der Waals surface area contributed by atoms with Crippen LogP contribution in [-0.2, 0) is 19.7 Å². The molecule has 6 unspecified atom stereocenters. The highest BCUT2D eigenvalue weighted by Crippen LogP contribution is 2.59. The molecule has 2 heterocycles. The van der Waals surface area contributed by atoms with E-state index in [2.05, 4.69) is 0 Å². The lowest BCUT2D eigenvalue weighted by Crippen LogP contribution is -2.57. The summed E-state index contributed by atoms with van der Waals surface area (Å²) in [7, 11) is 0. The number of carbonyl (C=O) groups excluding carboxylic acids is 1. The van der Waals surface area contributed by atoms with Crippen LogP contribution in [0.1, 0.15) is 69.4 Å². The minimum atomic E-state index is -0.987. The van der Waals surface area contributed by atoms with Crippen LogP contribution in [0.3, 0.4) is 0 Å². The lowest BCUT2D eigenvalue weighted by molar-refractivity contribution is -0.148. The van der Waals surface area contributed by atoms with Crippen molar-refractivity contribution in [1.82, 2.24) is 0 Å². The van der Waals surface area contributed by atoms with Crippen molar-refractivity contribution in [1.29, 1.82) is 0 Å². The van der Waals surface area contributed by atoms with Crippen molar-refractivity contribution in [3.05, 3.63) is 33.4 Å². The van der Waals surface area contributed by atoms with Gasteiger partial charge < -0.3 is 19.0 Å². The minimum absolute atomic E-state index is 0.0746. The van der Waals surface area contributed by atoms with E-state index in [0.29, 0.717) is 24.4 Å². The number of aliphatic hydroxyl groups is 1. The molecule has 1 aromatic rings. The molecule has 6 heteroatoms. The molecule has 0 bridgehead atoms. The SMILES string of the molecule is CCOC1CCC2C(=O)OC3C(O)c4c(cc(=O)oc4C(C)C)C1(C)C23. The molecule has 1 N–H and O–H groups in total. The lowest BCUT2D eigenvalue weighted by atomic mass is 9.53. The van der Waals surface area contributed by atoms with E-state index in [9.17, 15) is 14.7 Å². The molecule has 6 nitrogen and oxygen atoms in total. The van der Waals surface area contributed by atoms with Crippen LogP contribution in [0.5, 0.6) is 0 Å². The third-order valence-electron chi connectivity index (χ3n) is 6.55. The normalized spacial score (nSPS) is 38.1. The molecule has 0 aromatic carbocycles. The largest absolute Gasteiger partial charge is 0.459 e. The van der Waals surface area contributed by atoms with Gasteiger partial charge in [0.25, 0.3) is 0 Å². The molecule has 142 valence electrons. The van der Waals surface area contributed by atoms with Crippen molar-refractivity contribution >= 4 is 5.97 Å². The van der Waals surface area contributed by atoms with E-state index >= 15 is 0 Å². The first-order valence-electron chi connectivity index (χ1n) is 9.49. The minimum Gasteiger partial charge on any atom is -0.459 e. The van der Waals surface area contributed by atoms with Gasteiger partial charge in [0, 0.05) is 35.5 Å².